The summed E-state index contributed by atoms with van der Waals surface area (Å²) in [4.78, 5) is 72.9. The van der Waals surface area contributed by atoms with Crippen LogP contribution in [0, 0.1) is 11.8 Å². The van der Waals surface area contributed by atoms with Crippen molar-refractivity contribution in [3.63, 3.8) is 0 Å². The summed E-state index contributed by atoms with van der Waals surface area (Å²) in [5.74, 6) is -0.504. The van der Waals surface area contributed by atoms with Gasteiger partial charge in [-0.05, 0) is 37.5 Å². The highest BCUT2D eigenvalue weighted by Crippen LogP contribution is 2.45. The van der Waals surface area contributed by atoms with Crippen molar-refractivity contribution in [2.45, 2.75) is 452 Å². The van der Waals surface area contributed by atoms with Crippen molar-refractivity contribution in [2.24, 2.45) is 11.8 Å². The summed E-state index contributed by atoms with van der Waals surface area (Å²) in [5, 5.41) is 10.6. The molecular formula is C82H160O17P2. The molecule has 17 nitrogen and oxygen atoms in total. The zero-order valence-corrected chi connectivity index (χ0v) is 68.0. The number of hydrogen-bond acceptors (Lipinski definition) is 15. The molecule has 0 heterocycles. The minimum Gasteiger partial charge on any atom is -0.462 e. The van der Waals surface area contributed by atoms with Gasteiger partial charge in [0.15, 0.2) is 12.2 Å². The van der Waals surface area contributed by atoms with Gasteiger partial charge in [0, 0.05) is 25.7 Å². The van der Waals surface area contributed by atoms with Gasteiger partial charge in [-0.25, -0.2) is 9.13 Å². The molecule has 0 aromatic rings. The van der Waals surface area contributed by atoms with Crippen LogP contribution >= 0.6 is 15.6 Å². The molecule has 0 fully saturated rings. The van der Waals surface area contributed by atoms with E-state index in [1.54, 1.807) is 0 Å². The molecule has 0 aromatic heterocycles. The van der Waals surface area contributed by atoms with Gasteiger partial charge in [0.25, 0.3) is 0 Å². The highest BCUT2D eigenvalue weighted by Gasteiger charge is 2.30. The smallest absolute Gasteiger partial charge is 0.462 e. The summed E-state index contributed by atoms with van der Waals surface area (Å²) in [6, 6.07) is 0. The van der Waals surface area contributed by atoms with E-state index in [-0.39, 0.29) is 25.7 Å². The summed E-state index contributed by atoms with van der Waals surface area (Å²) < 4.78 is 68.6. The van der Waals surface area contributed by atoms with Gasteiger partial charge < -0.3 is 33.8 Å². The van der Waals surface area contributed by atoms with Gasteiger partial charge in [-0.1, -0.05) is 382 Å². The summed E-state index contributed by atoms with van der Waals surface area (Å²) in [7, 11) is -9.92. The first kappa shape index (κ1) is 99.1. The number of phosphoric ester groups is 2. The lowest BCUT2D eigenvalue weighted by Crippen LogP contribution is -2.30. The molecule has 600 valence electrons. The largest absolute Gasteiger partial charge is 0.472 e. The second-order valence-corrected chi connectivity index (χ2v) is 33.1. The summed E-state index contributed by atoms with van der Waals surface area (Å²) in [5.41, 5.74) is 0. The summed E-state index contributed by atoms with van der Waals surface area (Å²) >= 11 is 0. The third-order valence-electron chi connectivity index (χ3n) is 19.6. The normalized spacial score (nSPS) is 14.2. The van der Waals surface area contributed by atoms with Crippen molar-refractivity contribution >= 4 is 39.5 Å². The summed E-state index contributed by atoms with van der Waals surface area (Å²) in [6.07, 6.45) is 64.0. The molecule has 6 atom stereocenters. The molecule has 3 unspecified atom stereocenters. The Morgan fingerprint density at radius 3 is 0.752 bits per heavy atom. The lowest BCUT2D eigenvalue weighted by molar-refractivity contribution is -0.161. The lowest BCUT2D eigenvalue weighted by atomic mass is 9.99. The van der Waals surface area contributed by atoms with Crippen molar-refractivity contribution in [1.29, 1.82) is 0 Å². The predicted molar refractivity (Wildman–Crippen MR) is 414 cm³/mol. The Labute approximate surface area is 619 Å². The van der Waals surface area contributed by atoms with Crippen molar-refractivity contribution in [3.8, 4) is 0 Å². The molecule has 0 bridgehead atoms. The molecule has 0 aliphatic carbocycles. The topological polar surface area (TPSA) is 237 Å². The first-order chi connectivity index (χ1) is 48.9. The number of aliphatic hydroxyl groups is 1. The first-order valence-electron chi connectivity index (χ1n) is 42.5. The Morgan fingerprint density at radius 2 is 0.505 bits per heavy atom. The molecule has 0 aromatic carbocycles. The first-order valence-corrected chi connectivity index (χ1v) is 45.5. The number of rotatable bonds is 81. The second-order valence-electron chi connectivity index (χ2n) is 30.2. The molecule has 0 spiro atoms. The standard InChI is InChI=1S/C82H160O17P2/c1-7-10-12-14-16-18-19-20-21-22-23-27-30-33-36-41-47-53-59-65-80(85)93-71-78(98-81(86)66-60-54-48-42-37-34-31-28-25-24-26-29-32-35-40-45-51-57-63-75(6)9-3)73-97-101(90,91)95-69-76(83)68-94-100(88,89)96-72-77(70-92-79(84)64-58-52-46-17-15-13-11-8-2)99-82(87)67-61-55-49-43-38-39-44-50-56-62-74(4)5/h74-78,83H,7-73H2,1-6H3,(H,88,89)(H,90,91)/t75?,76-,77+,78+/m0/s1. The molecule has 0 radical (unpaired) electrons. The maximum atomic E-state index is 13.1. The van der Waals surface area contributed by atoms with Gasteiger partial charge in [-0.2, -0.15) is 0 Å². The molecular weight excluding hydrogens is 1320 g/mol. The maximum absolute atomic E-state index is 13.1. The molecule has 0 rings (SSSR count). The van der Waals surface area contributed by atoms with E-state index in [2.05, 4.69) is 41.5 Å². The van der Waals surface area contributed by atoms with Crippen LogP contribution in [0.2, 0.25) is 0 Å². The number of carbonyl (C=O) groups is 4. The third-order valence-corrected chi connectivity index (χ3v) is 21.5. The van der Waals surface area contributed by atoms with Crippen LogP contribution in [0.15, 0.2) is 0 Å². The number of phosphoric acid groups is 2. The fraction of sp³-hybridized carbons (Fsp3) is 0.951. The Hall–Kier alpha value is -1.94. The molecule has 0 amide bonds. The maximum Gasteiger partial charge on any atom is 0.472 e. The zero-order valence-electron chi connectivity index (χ0n) is 66.2. The van der Waals surface area contributed by atoms with Crippen molar-refractivity contribution in [3.05, 3.63) is 0 Å². The van der Waals surface area contributed by atoms with Crippen LogP contribution in [0.4, 0.5) is 0 Å². The predicted octanol–water partition coefficient (Wildman–Crippen LogP) is 24.7. The van der Waals surface area contributed by atoms with Crippen LogP contribution < -0.4 is 0 Å². The zero-order chi connectivity index (χ0) is 74.2. The number of carbonyl (C=O) groups excluding carboxylic acids is 4. The lowest BCUT2D eigenvalue weighted by Gasteiger charge is -2.21. The van der Waals surface area contributed by atoms with E-state index in [1.165, 1.54) is 244 Å². The van der Waals surface area contributed by atoms with Gasteiger partial charge >= 0.3 is 39.5 Å². The molecule has 0 aliphatic heterocycles. The number of aliphatic hydroxyl groups excluding tert-OH is 1. The van der Waals surface area contributed by atoms with E-state index >= 15 is 0 Å². The van der Waals surface area contributed by atoms with Crippen LogP contribution in [-0.4, -0.2) is 96.7 Å². The van der Waals surface area contributed by atoms with E-state index in [0.717, 1.165) is 108 Å². The monoisotopic (exact) mass is 1480 g/mol. The fourth-order valence-corrected chi connectivity index (χ4v) is 14.3. The molecule has 3 N–H and O–H groups in total. The SMILES string of the molecule is CCCCCCCCCCCCCCCCCCCCCC(=O)OC[C@H](COP(=O)(O)OC[C@@H](O)COP(=O)(O)OC[C@@H](COC(=O)CCCCCCCCCC)OC(=O)CCCCCCCCCCCC(C)C)OC(=O)CCCCCCCCCCCCCCCCCCCCC(C)CC. The van der Waals surface area contributed by atoms with Crippen LogP contribution in [-0.2, 0) is 65.4 Å². The summed E-state index contributed by atoms with van der Waals surface area (Å²) in [6.45, 7) is 9.65. The molecule has 0 aliphatic rings. The van der Waals surface area contributed by atoms with Crippen molar-refractivity contribution in [1.82, 2.24) is 0 Å². The number of ether oxygens (including phenoxy) is 4. The molecule has 101 heavy (non-hydrogen) atoms. The number of esters is 4. The highest BCUT2D eigenvalue weighted by atomic mass is 31.2. The van der Waals surface area contributed by atoms with Gasteiger partial charge in [0.05, 0.1) is 26.4 Å². The fourth-order valence-electron chi connectivity index (χ4n) is 12.7. The van der Waals surface area contributed by atoms with E-state index in [9.17, 15) is 43.2 Å². The minimum absolute atomic E-state index is 0.105. The van der Waals surface area contributed by atoms with Gasteiger partial charge in [-0.15, -0.1) is 0 Å². The van der Waals surface area contributed by atoms with Gasteiger partial charge in [-0.3, -0.25) is 37.3 Å². The van der Waals surface area contributed by atoms with E-state index in [1.807, 2.05) is 0 Å². The Bertz CT molecular complexity index is 1940. The van der Waals surface area contributed by atoms with Crippen LogP contribution in [0.5, 0.6) is 0 Å². The average molecular weight is 1480 g/mol. The van der Waals surface area contributed by atoms with Crippen molar-refractivity contribution < 1.29 is 80.2 Å². The average Bonchev–Trinajstić information content (AvgIpc) is 0.939. The highest BCUT2D eigenvalue weighted by molar-refractivity contribution is 7.47. The van der Waals surface area contributed by atoms with Crippen molar-refractivity contribution in [2.75, 3.05) is 39.6 Å². The van der Waals surface area contributed by atoms with Crippen LogP contribution in [0.3, 0.4) is 0 Å². The van der Waals surface area contributed by atoms with E-state index < -0.39 is 97.5 Å². The van der Waals surface area contributed by atoms with E-state index in [4.69, 9.17) is 37.0 Å². The number of hydrogen-bond donors (Lipinski definition) is 3. The number of unbranched alkanes of at least 4 members (excludes halogenated alkanes) is 50. The Balaban J connectivity index is 5.17. The quantitative estimate of drug-likeness (QED) is 0.0222. The Morgan fingerprint density at radius 1 is 0.287 bits per heavy atom. The Kier molecular flexibility index (Phi) is 72.2. The molecule has 19 heteroatoms. The van der Waals surface area contributed by atoms with Crippen LogP contribution in [0.1, 0.15) is 433 Å². The molecule has 0 saturated carbocycles. The third kappa shape index (κ3) is 74.7. The van der Waals surface area contributed by atoms with E-state index in [0.29, 0.717) is 25.7 Å². The van der Waals surface area contributed by atoms with Gasteiger partial charge in [0.1, 0.15) is 19.3 Å². The van der Waals surface area contributed by atoms with Gasteiger partial charge in [0.2, 0.25) is 0 Å². The second kappa shape index (κ2) is 73.6. The minimum atomic E-state index is -4.96. The molecule has 0 saturated heterocycles. The van der Waals surface area contributed by atoms with Crippen LogP contribution in [0.25, 0.3) is 0 Å².